The summed E-state index contributed by atoms with van der Waals surface area (Å²) in [5.74, 6) is 0.725. The first kappa shape index (κ1) is 21.8. The van der Waals surface area contributed by atoms with Gasteiger partial charge >= 0.3 is 0 Å². The molecular weight excluding hydrogens is 378 g/mol. The van der Waals surface area contributed by atoms with Crippen LogP contribution in [-0.2, 0) is 16.0 Å². The van der Waals surface area contributed by atoms with Gasteiger partial charge in [-0.3, -0.25) is 14.5 Å². The highest BCUT2D eigenvalue weighted by molar-refractivity contribution is 5.88. The minimum Gasteiger partial charge on any atom is -0.497 e. The number of rotatable bonds is 8. The van der Waals surface area contributed by atoms with Gasteiger partial charge in [0, 0.05) is 19.2 Å². The summed E-state index contributed by atoms with van der Waals surface area (Å²) in [5.41, 5.74) is 2.84. The second-order valence-electron chi connectivity index (χ2n) is 7.74. The summed E-state index contributed by atoms with van der Waals surface area (Å²) in [7, 11) is 1.67. The van der Waals surface area contributed by atoms with Crippen LogP contribution in [0.1, 0.15) is 43.4 Å². The Balaban J connectivity index is 1.61. The topological polar surface area (TPSA) is 70.7 Å². The summed E-state index contributed by atoms with van der Waals surface area (Å²) >= 11 is 0. The Labute approximate surface area is 178 Å². The van der Waals surface area contributed by atoms with Crippen LogP contribution in [0.15, 0.2) is 48.5 Å². The number of likely N-dealkylation sites (tertiary alicyclic amines) is 1. The standard InChI is InChI=1S/C24H31N3O3/c1-18(28)26-21-10-6-19(7-11-21)16-24(29)25-17-23(27-14-4-3-5-15-27)20-8-12-22(30-2)13-9-20/h6-13,23H,3-5,14-17H2,1-2H3,(H,25,29)(H,26,28)/t23-/m1/s1. The first-order valence-electron chi connectivity index (χ1n) is 10.6. The molecule has 1 saturated heterocycles. The lowest BCUT2D eigenvalue weighted by Gasteiger charge is -2.35. The summed E-state index contributed by atoms with van der Waals surface area (Å²) in [6, 6.07) is 15.7. The van der Waals surface area contributed by atoms with Crippen LogP contribution in [0, 0.1) is 0 Å². The maximum absolute atomic E-state index is 12.6. The fourth-order valence-electron chi connectivity index (χ4n) is 3.88. The number of hydrogen-bond acceptors (Lipinski definition) is 4. The number of piperidine rings is 1. The van der Waals surface area contributed by atoms with Crippen molar-refractivity contribution in [2.24, 2.45) is 0 Å². The summed E-state index contributed by atoms with van der Waals surface area (Å²) in [6.45, 7) is 4.16. The molecule has 2 aromatic carbocycles. The normalized spacial score (nSPS) is 15.3. The van der Waals surface area contributed by atoms with Gasteiger partial charge in [-0.25, -0.2) is 0 Å². The monoisotopic (exact) mass is 409 g/mol. The molecule has 1 aliphatic rings. The van der Waals surface area contributed by atoms with Gasteiger partial charge in [0.1, 0.15) is 5.75 Å². The van der Waals surface area contributed by atoms with Gasteiger partial charge in [0.2, 0.25) is 11.8 Å². The largest absolute Gasteiger partial charge is 0.497 e. The van der Waals surface area contributed by atoms with Gasteiger partial charge in [-0.1, -0.05) is 30.7 Å². The second kappa shape index (κ2) is 10.8. The number of anilines is 1. The minimum absolute atomic E-state index is 0.00204. The fourth-order valence-corrected chi connectivity index (χ4v) is 3.88. The van der Waals surface area contributed by atoms with E-state index in [-0.39, 0.29) is 17.9 Å². The van der Waals surface area contributed by atoms with Crippen molar-refractivity contribution >= 4 is 17.5 Å². The molecule has 1 fully saturated rings. The number of amides is 2. The van der Waals surface area contributed by atoms with Crippen LogP contribution in [0.4, 0.5) is 5.69 Å². The highest BCUT2D eigenvalue weighted by atomic mass is 16.5. The van der Waals surface area contributed by atoms with Gasteiger partial charge in [-0.05, 0) is 61.3 Å². The van der Waals surface area contributed by atoms with E-state index in [2.05, 4.69) is 27.7 Å². The number of carbonyl (C=O) groups excluding carboxylic acids is 2. The van der Waals surface area contributed by atoms with E-state index in [4.69, 9.17) is 4.74 Å². The van der Waals surface area contributed by atoms with E-state index in [9.17, 15) is 9.59 Å². The number of nitrogens with zero attached hydrogens (tertiary/aromatic N) is 1. The lowest BCUT2D eigenvalue weighted by molar-refractivity contribution is -0.120. The van der Waals surface area contributed by atoms with Crippen LogP contribution in [-0.4, -0.2) is 43.5 Å². The molecule has 0 aromatic heterocycles. The molecule has 0 aliphatic carbocycles. The van der Waals surface area contributed by atoms with Crippen LogP contribution >= 0.6 is 0 Å². The molecule has 3 rings (SSSR count). The van der Waals surface area contributed by atoms with Gasteiger partial charge < -0.3 is 15.4 Å². The van der Waals surface area contributed by atoms with E-state index < -0.39 is 0 Å². The molecule has 0 unspecified atom stereocenters. The molecule has 6 heteroatoms. The molecular formula is C24H31N3O3. The van der Waals surface area contributed by atoms with Gasteiger partial charge in [0.15, 0.2) is 0 Å². The molecule has 0 bridgehead atoms. The second-order valence-corrected chi connectivity index (χ2v) is 7.74. The lowest BCUT2D eigenvalue weighted by Crippen LogP contribution is -2.41. The van der Waals surface area contributed by atoms with Crippen molar-refractivity contribution in [2.75, 3.05) is 32.1 Å². The van der Waals surface area contributed by atoms with Crippen molar-refractivity contribution < 1.29 is 14.3 Å². The predicted molar refractivity (Wildman–Crippen MR) is 119 cm³/mol. The molecule has 2 aromatic rings. The first-order valence-corrected chi connectivity index (χ1v) is 10.6. The Morgan fingerprint density at radius 2 is 1.67 bits per heavy atom. The van der Waals surface area contributed by atoms with Crippen molar-refractivity contribution in [3.63, 3.8) is 0 Å². The third-order valence-electron chi connectivity index (χ3n) is 5.46. The molecule has 0 spiro atoms. The lowest BCUT2D eigenvalue weighted by atomic mass is 10.0. The van der Waals surface area contributed by atoms with Crippen molar-refractivity contribution in [2.45, 2.75) is 38.6 Å². The van der Waals surface area contributed by atoms with Crippen molar-refractivity contribution in [1.29, 1.82) is 0 Å². The van der Waals surface area contributed by atoms with Crippen molar-refractivity contribution in [3.05, 3.63) is 59.7 Å². The Kier molecular flexibility index (Phi) is 7.85. The molecule has 1 aliphatic heterocycles. The first-order chi connectivity index (χ1) is 14.5. The number of nitrogens with one attached hydrogen (secondary N) is 2. The number of carbonyl (C=O) groups is 2. The van der Waals surface area contributed by atoms with Gasteiger partial charge in [-0.15, -0.1) is 0 Å². The number of benzene rings is 2. The fraction of sp³-hybridized carbons (Fsp3) is 0.417. The Hall–Kier alpha value is -2.86. The molecule has 6 nitrogen and oxygen atoms in total. The summed E-state index contributed by atoms with van der Waals surface area (Å²) < 4.78 is 5.28. The zero-order valence-corrected chi connectivity index (χ0v) is 17.8. The van der Waals surface area contributed by atoms with E-state index >= 15 is 0 Å². The average Bonchev–Trinajstić information content (AvgIpc) is 2.76. The molecule has 2 amide bonds. The van der Waals surface area contributed by atoms with E-state index in [0.29, 0.717) is 13.0 Å². The maximum Gasteiger partial charge on any atom is 0.224 e. The Morgan fingerprint density at radius 3 is 2.27 bits per heavy atom. The molecule has 160 valence electrons. The van der Waals surface area contributed by atoms with E-state index in [1.165, 1.54) is 31.7 Å². The molecule has 30 heavy (non-hydrogen) atoms. The van der Waals surface area contributed by atoms with Crippen LogP contribution in [0.5, 0.6) is 5.75 Å². The SMILES string of the molecule is COc1ccc([C@@H](CNC(=O)Cc2ccc(NC(C)=O)cc2)N2CCCCC2)cc1. The van der Waals surface area contributed by atoms with Crippen molar-refractivity contribution in [1.82, 2.24) is 10.2 Å². The quantitative estimate of drug-likeness (QED) is 0.700. The summed E-state index contributed by atoms with van der Waals surface area (Å²) in [6.07, 6.45) is 3.98. The van der Waals surface area contributed by atoms with Crippen LogP contribution in [0.2, 0.25) is 0 Å². The van der Waals surface area contributed by atoms with E-state index in [0.717, 1.165) is 30.1 Å². The number of ether oxygens (including phenoxy) is 1. The third kappa shape index (κ3) is 6.32. The highest BCUT2D eigenvalue weighted by Gasteiger charge is 2.23. The van der Waals surface area contributed by atoms with Gasteiger partial charge in [-0.2, -0.15) is 0 Å². The predicted octanol–water partition coefficient (Wildman–Crippen LogP) is 3.54. The maximum atomic E-state index is 12.6. The number of hydrogen-bond donors (Lipinski definition) is 2. The summed E-state index contributed by atoms with van der Waals surface area (Å²) in [4.78, 5) is 26.2. The molecule has 1 atom stereocenters. The van der Waals surface area contributed by atoms with E-state index in [1.54, 1.807) is 7.11 Å². The van der Waals surface area contributed by atoms with Gasteiger partial charge in [0.25, 0.3) is 0 Å². The average molecular weight is 410 g/mol. The third-order valence-corrected chi connectivity index (χ3v) is 5.46. The number of methoxy groups -OCH3 is 1. The van der Waals surface area contributed by atoms with Crippen molar-refractivity contribution in [3.8, 4) is 5.75 Å². The molecule has 0 radical (unpaired) electrons. The Bertz CT molecular complexity index is 828. The zero-order chi connectivity index (χ0) is 21.3. The van der Waals surface area contributed by atoms with Crippen LogP contribution in [0.25, 0.3) is 0 Å². The molecule has 2 N–H and O–H groups in total. The highest BCUT2D eigenvalue weighted by Crippen LogP contribution is 2.26. The van der Waals surface area contributed by atoms with Crippen LogP contribution in [0.3, 0.4) is 0 Å². The zero-order valence-electron chi connectivity index (χ0n) is 17.8. The van der Waals surface area contributed by atoms with Gasteiger partial charge in [0.05, 0.1) is 19.6 Å². The molecule has 0 saturated carbocycles. The Morgan fingerprint density at radius 1 is 1.00 bits per heavy atom. The van der Waals surface area contributed by atoms with E-state index in [1.807, 2.05) is 36.4 Å². The summed E-state index contributed by atoms with van der Waals surface area (Å²) in [5, 5.41) is 5.85. The minimum atomic E-state index is -0.109. The molecule has 1 heterocycles. The van der Waals surface area contributed by atoms with Crippen LogP contribution < -0.4 is 15.4 Å². The smallest absolute Gasteiger partial charge is 0.224 e.